The summed E-state index contributed by atoms with van der Waals surface area (Å²) in [5, 5.41) is 2.99. The van der Waals surface area contributed by atoms with Gasteiger partial charge in [-0.15, -0.1) is 0 Å². The van der Waals surface area contributed by atoms with Crippen LogP contribution in [0.1, 0.15) is 33.1 Å². The number of para-hydroxylation sites is 2. The van der Waals surface area contributed by atoms with Gasteiger partial charge in [0.05, 0.1) is 11.4 Å². The van der Waals surface area contributed by atoms with Crippen LogP contribution in [-0.2, 0) is 9.59 Å². The lowest BCUT2D eigenvalue weighted by Gasteiger charge is -2.36. The van der Waals surface area contributed by atoms with E-state index >= 15 is 0 Å². The van der Waals surface area contributed by atoms with Gasteiger partial charge in [0.1, 0.15) is 0 Å². The molecule has 0 atom stereocenters. The van der Waals surface area contributed by atoms with Crippen molar-refractivity contribution < 1.29 is 9.59 Å². The first kappa shape index (κ1) is 16.3. The molecule has 2 rings (SSSR count). The fourth-order valence-corrected chi connectivity index (χ4v) is 2.72. The van der Waals surface area contributed by atoms with E-state index in [1.807, 2.05) is 43.0 Å². The maximum absolute atomic E-state index is 11.8. The molecule has 0 radical (unpaired) electrons. The number of nitrogens with zero attached hydrogens (tertiary/aromatic N) is 2. The van der Waals surface area contributed by atoms with Crippen LogP contribution in [0.25, 0.3) is 0 Å². The average Bonchev–Trinajstić information content (AvgIpc) is 2.55. The van der Waals surface area contributed by atoms with Crippen molar-refractivity contribution in [3.63, 3.8) is 0 Å². The third-order valence-corrected chi connectivity index (χ3v) is 3.93. The maximum Gasteiger partial charge on any atom is 0.224 e. The summed E-state index contributed by atoms with van der Waals surface area (Å²) in [4.78, 5) is 27.7. The van der Waals surface area contributed by atoms with E-state index in [2.05, 4.69) is 10.2 Å². The Morgan fingerprint density at radius 1 is 1.09 bits per heavy atom. The molecule has 0 unspecified atom stereocenters. The van der Waals surface area contributed by atoms with E-state index in [-0.39, 0.29) is 11.8 Å². The Labute approximate surface area is 132 Å². The van der Waals surface area contributed by atoms with Crippen LogP contribution in [0.15, 0.2) is 24.3 Å². The molecule has 0 spiro atoms. The highest BCUT2D eigenvalue weighted by atomic mass is 16.2. The van der Waals surface area contributed by atoms with Crippen LogP contribution in [-0.4, -0.2) is 42.9 Å². The molecule has 1 aromatic carbocycles. The highest BCUT2D eigenvalue weighted by molar-refractivity contribution is 5.94. The smallest absolute Gasteiger partial charge is 0.224 e. The van der Waals surface area contributed by atoms with E-state index in [4.69, 9.17) is 0 Å². The highest BCUT2D eigenvalue weighted by Crippen LogP contribution is 2.26. The molecule has 0 aromatic heterocycles. The zero-order valence-corrected chi connectivity index (χ0v) is 13.5. The largest absolute Gasteiger partial charge is 0.366 e. The van der Waals surface area contributed by atoms with Gasteiger partial charge in [0, 0.05) is 39.0 Å². The molecule has 1 aliphatic heterocycles. The summed E-state index contributed by atoms with van der Waals surface area (Å²) in [6.07, 6.45) is 1.93. The number of hydrogen-bond acceptors (Lipinski definition) is 3. The number of anilines is 2. The molecule has 5 heteroatoms. The van der Waals surface area contributed by atoms with Gasteiger partial charge in [0.2, 0.25) is 11.8 Å². The van der Waals surface area contributed by atoms with Crippen molar-refractivity contribution in [2.75, 3.05) is 36.4 Å². The zero-order chi connectivity index (χ0) is 15.9. The zero-order valence-electron chi connectivity index (χ0n) is 13.5. The minimum Gasteiger partial charge on any atom is -0.366 e. The molecule has 1 fully saturated rings. The van der Waals surface area contributed by atoms with Crippen LogP contribution in [0.2, 0.25) is 0 Å². The number of benzene rings is 1. The molecule has 22 heavy (non-hydrogen) atoms. The van der Waals surface area contributed by atoms with Crippen LogP contribution >= 0.6 is 0 Å². The second kappa shape index (κ2) is 7.82. The van der Waals surface area contributed by atoms with Crippen LogP contribution in [0.4, 0.5) is 11.4 Å². The average molecular weight is 303 g/mol. The predicted octanol–water partition coefficient (Wildman–Crippen LogP) is 2.48. The second-order valence-corrected chi connectivity index (χ2v) is 5.54. The molecular formula is C17H25N3O2. The SMILES string of the molecule is CCCC(=O)Nc1ccccc1N1CCN(C(=O)CC)CC1. The van der Waals surface area contributed by atoms with E-state index in [0.29, 0.717) is 12.8 Å². The fourth-order valence-electron chi connectivity index (χ4n) is 2.72. The topological polar surface area (TPSA) is 52.7 Å². The van der Waals surface area contributed by atoms with Crippen molar-refractivity contribution in [1.29, 1.82) is 0 Å². The van der Waals surface area contributed by atoms with Crippen LogP contribution < -0.4 is 10.2 Å². The van der Waals surface area contributed by atoms with Gasteiger partial charge in [-0.1, -0.05) is 26.0 Å². The molecule has 1 saturated heterocycles. The number of hydrogen-bond donors (Lipinski definition) is 1. The van der Waals surface area contributed by atoms with Crippen molar-refractivity contribution >= 4 is 23.2 Å². The third-order valence-electron chi connectivity index (χ3n) is 3.93. The van der Waals surface area contributed by atoms with Gasteiger partial charge in [-0.05, 0) is 18.6 Å². The van der Waals surface area contributed by atoms with E-state index in [1.54, 1.807) is 0 Å². The summed E-state index contributed by atoms with van der Waals surface area (Å²) < 4.78 is 0. The lowest BCUT2D eigenvalue weighted by Crippen LogP contribution is -2.48. The summed E-state index contributed by atoms with van der Waals surface area (Å²) in [6, 6.07) is 7.88. The van der Waals surface area contributed by atoms with E-state index < -0.39 is 0 Å². The van der Waals surface area contributed by atoms with Crippen molar-refractivity contribution in [2.24, 2.45) is 0 Å². The molecule has 0 bridgehead atoms. The van der Waals surface area contributed by atoms with Gasteiger partial charge in [-0.25, -0.2) is 0 Å². The Morgan fingerprint density at radius 2 is 1.77 bits per heavy atom. The quantitative estimate of drug-likeness (QED) is 0.909. The van der Waals surface area contributed by atoms with Crippen LogP contribution in [0.5, 0.6) is 0 Å². The highest BCUT2D eigenvalue weighted by Gasteiger charge is 2.21. The van der Waals surface area contributed by atoms with Crippen molar-refractivity contribution in [3.05, 3.63) is 24.3 Å². The third kappa shape index (κ3) is 4.00. The Hall–Kier alpha value is -2.04. The van der Waals surface area contributed by atoms with Gasteiger partial charge >= 0.3 is 0 Å². The molecule has 1 aromatic rings. The monoisotopic (exact) mass is 303 g/mol. The fraction of sp³-hybridized carbons (Fsp3) is 0.529. The van der Waals surface area contributed by atoms with E-state index in [0.717, 1.165) is 44.0 Å². The van der Waals surface area contributed by atoms with Crippen molar-refractivity contribution in [1.82, 2.24) is 4.90 Å². The Kier molecular flexibility index (Phi) is 5.81. The van der Waals surface area contributed by atoms with Gasteiger partial charge < -0.3 is 15.1 Å². The summed E-state index contributed by atoms with van der Waals surface area (Å²) in [6.45, 7) is 6.97. The minimum absolute atomic E-state index is 0.0507. The number of nitrogens with one attached hydrogen (secondary N) is 1. The first-order chi connectivity index (χ1) is 10.7. The van der Waals surface area contributed by atoms with Gasteiger partial charge in [-0.2, -0.15) is 0 Å². The lowest BCUT2D eigenvalue weighted by atomic mass is 10.2. The van der Waals surface area contributed by atoms with Crippen molar-refractivity contribution in [3.8, 4) is 0 Å². The van der Waals surface area contributed by atoms with Crippen LogP contribution in [0, 0.1) is 0 Å². The molecule has 0 aliphatic carbocycles. The van der Waals surface area contributed by atoms with Crippen LogP contribution in [0.3, 0.4) is 0 Å². The molecule has 1 N–H and O–H groups in total. The Balaban J connectivity index is 2.04. The molecule has 1 aliphatic rings. The predicted molar refractivity (Wildman–Crippen MR) is 89.1 cm³/mol. The first-order valence-corrected chi connectivity index (χ1v) is 8.07. The summed E-state index contributed by atoms with van der Waals surface area (Å²) in [7, 11) is 0. The number of amides is 2. The second-order valence-electron chi connectivity index (χ2n) is 5.54. The minimum atomic E-state index is 0.0507. The maximum atomic E-state index is 11.8. The molecule has 120 valence electrons. The standard InChI is InChI=1S/C17H25N3O2/c1-3-7-16(21)18-14-8-5-6-9-15(14)19-10-12-20(13-11-19)17(22)4-2/h5-6,8-9H,3-4,7,10-13H2,1-2H3,(H,18,21). The molecule has 5 nitrogen and oxygen atoms in total. The van der Waals surface area contributed by atoms with E-state index in [1.165, 1.54) is 0 Å². The van der Waals surface area contributed by atoms with Gasteiger partial charge in [0.15, 0.2) is 0 Å². The van der Waals surface area contributed by atoms with Gasteiger partial charge in [0.25, 0.3) is 0 Å². The Bertz CT molecular complexity index is 522. The summed E-state index contributed by atoms with van der Waals surface area (Å²) in [5.41, 5.74) is 1.90. The summed E-state index contributed by atoms with van der Waals surface area (Å²) in [5.74, 6) is 0.263. The molecule has 2 amide bonds. The number of rotatable bonds is 5. The number of carbonyl (C=O) groups excluding carboxylic acids is 2. The molecular weight excluding hydrogens is 278 g/mol. The number of piperazine rings is 1. The molecule has 1 heterocycles. The lowest BCUT2D eigenvalue weighted by molar-refractivity contribution is -0.131. The van der Waals surface area contributed by atoms with E-state index in [9.17, 15) is 9.59 Å². The van der Waals surface area contributed by atoms with Crippen molar-refractivity contribution in [2.45, 2.75) is 33.1 Å². The Morgan fingerprint density at radius 3 is 2.41 bits per heavy atom. The molecule has 0 saturated carbocycles. The normalized spacial score (nSPS) is 14.8. The number of carbonyl (C=O) groups is 2. The summed E-state index contributed by atoms with van der Waals surface area (Å²) >= 11 is 0. The first-order valence-electron chi connectivity index (χ1n) is 8.07. The van der Waals surface area contributed by atoms with Gasteiger partial charge in [-0.3, -0.25) is 9.59 Å².